The maximum atomic E-state index is 13.2. The van der Waals surface area contributed by atoms with E-state index in [2.05, 4.69) is 5.32 Å². The number of ether oxygens (including phenoxy) is 2. The molecule has 0 radical (unpaired) electrons. The van der Waals surface area contributed by atoms with E-state index in [1.54, 1.807) is 36.2 Å². The molecule has 2 heterocycles. The van der Waals surface area contributed by atoms with Gasteiger partial charge in [0.1, 0.15) is 5.82 Å². The standard InChI is InChI=1S/C23H26FN3O4/c1-14-19-12-21(31-3)20(30-2)10-15(19)8-9-26(14)23(29)25-17-11-22(28)27(13-17)18-6-4-16(24)5-7-18/h4-7,10,12,14,17H,8-9,11,13H2,1-3H3,(H,25,29)/t14-,17+/m1/s1. The number of halogens is 1. The van der Waals surface area contributed by atoms with Crippen LogP contribution in [0.1, 0.15) is 30.5 Å². The number of carbonyl (C=O) groups is 2. The van der Waals surface area contributed by atoms with Crippen LogP contribution in [0.25, 0.3) is 0 Å². The lowest BCUT2D eigenvalue weighted by atomic mass is 9.93. The Labute approximate surface area is 180 Å². The van der Waals surface area contributed by atoms with Gasteiger partial charge in [0.05, 0.1) is 26.3 Å². The molecule has 0 bridgehead atoms. The molecule has 0 aliphatic carbocycles. The highest BCUT2D eigenvalue weighted by Gasteiger charge is 2.35. The molecule has 2 aliphatic heterocycles. The molecule has 1 N–H and O–H groups in total. The summed E-state index contributed by atoms with van der Waals surface area (Å²) in [6, 6.07) is 9.04. The predicted molar refractivity (Wildman–Crippen MR) is 114 cm³/mol. The molecule has 0 aromatic heterocycles. The van der Waals surface area contributed by atoms with Crippen LogP contribution in [-0.4, -0.2) is 50.2 Å². The van der Waals surface area contributed by atoms with Gasteiger partial charge in [-0.3, -0.25) is 4.79 Å². The predicted octanol–water partition coefficient (Wildman–Crippen LogP) is 3.28. The number of benzene rings is 2. The molecule has 1 fully saturated rings. The minimum absolute atomic E-state index is 0.0919. The van der Waals surface area contributed by atoms with E-state index in [-0.39, 0.29) is 36.3 Å². The lowest BCUT2D eigenvalue weighted by molar-refractivity contribution is -0.117. The first-order valence-corrected chi connectivity index (χ1v) is 10.3. The van der Waals surface area contributed by atoms with Crippen LogP contribution >= 0.6 is 0 Å². The van der Waals surface area contributed by atoms with E-state index in [0.717, 1.165) is 11.1 Å². The monoisotopic (exact) mass is 427 g/mol. The second kappa shape index (κ2) is 8.45. The molecule has 2 aliphatic rings. The summed E-state index contributed by atoms with van der Waals surface area (Å²) in [7, 11) is 3.20. The summed E-state index contributed by atoms with van der Waals surface area (Å²) >= 11 is 0. The van der Waals surface area contributed by atoms with Gasteiger partial charge in [0.15, 0.2) is 11.5 Å². The summed E-state index contributed by atoms with van der Waals surface area (Å²) in [5.74, 6) is 0.864. The summed E-state index contributed by atoms with van der Waals surface area (Å²) in [6.45, 7) is 2.91. The fourth-order valence-corrected chi connectivity index (χ4v) is 4.35. The van der Waals surface area contributed by atoms with E-state index < -0.39 is 0 Å². The van der Waals surface area contributed by atoms with Crippen molar-refractivity contribution in [3.05, 3.63) is 53.3 Å². The molecule has 2 atom stereocenters. The third kappa shape index (κ3) is 4.02. The molecule has 31 heavy (non-hydrogen) atoms. The zero-order chi connectivity index (χ0) is 22.1. The molecular formula is C23H26FN3O4. The van der Waals surface area contributed by atoms with Crippen LogP contribution in [0.5, 0.6) is 11.5 Å². The molecule has 4 rings (SSSR count). The molecule has 0 unspecified atom stereocenters. The third-order valence-corrected chi connectivity index (χ3v) is 6.04. The van der Waals surface area contributed by atoms with Crippen molar-refractivity contribution in [3.8, 4) is 11.5 Å². The molecule has 2 aromatic rings. The number of methoxy groups -OCH3 is 2. The fraction of sp³-hybridized carbons (Fsp3) is 0.391. The fourth-order valence-electron chi connectivity index (χ4n) is 4.35. The molecule has 3 amide bonds. The van der Waals surface area contributed by atoms with Gasteiger partial charge in [-0.05, 0) is 60.9 Å². The third-order valence-electron chi connectivity index (χ3n) is 6.04. The molecule has 2 aromatic carbocycles. The van der Waals surface area contributed by atoms with Crippen LogP contribution in [0, 0.1) is 5.82 Å². The first-order valence-electron chi connectivity index (χ1n) is 10.3. The number of nitrogens with one attached hydrogen (secondary N) is 1. The number of rotatable bonds is 4. The largest absolute Gasteiger partial charge is 0.493 e. The van der Waals surface area contributed by atoms with E-state index in [0.29, 0.717) is 36.7 Å². The Kier molecular flexibility index (Phi) is 5.71. The maximum absolute atomic E-state index is 13.2. The van der Waals surface area contributed by atoms with E-state index in [9.17, 15) is 14.0 Å². The average molecular weight is 427 g/mol. The smallest absolute Gasteiger partial charge is 0.318 e. The van der Waals surface area contributed by atoms with Crippen molar-refractivity contribution in [2.24, 2.45) is 0 Å². The number of hydrogen-bond acceptors (Lipinski definition) is 4. The molecule has 0 saturated carbocycles. The first kappa shape index (κ1) is 21.0. The molecule has 8 heteroatoms. The Bertz CT molecular complexity index is 995. The summed E-state index contributed by atoms with van der Waals surface area (Å²) < 4.78 is 24.0. The van der Waals surface area contributed by atoms with Crippen LogP contribution in [0.4, 0.5) is 14.9 Å². The lowest BCUT2D eigenvalue weighted by Gasteiger charge is -2.36. The zero-order valence-electron chi connectivity index (χ0n) is 17.9. The van der Waals surface area contributed by atoms with Gasteiger partial charge in [-0.1, -0.05) is 0 Å². The number of fused-ring (bicyclic) bond motifs is 1. The van der Waals surface area contributed by atoms with E-state index >= 15 is 0 Å². The van der Waals surface area contributed by atoms with Crippen molar-refractivity contribution in [2.75, 3.05) is 32.2 Å². The van der Waals surface area contributed by atoms with Crippen LogP contribution < -0.4 is 19.7 Å². The average Bonchev–Trinajstić information content (AvgIpc) is 3.13. The number of hydrogen-bond donors (Lipinski definition) is 1. The van der Waals surface area contributed by atoms with Crippen molar-refractivity contribution in [2.45, 2.75) is 31.8 Å². The van der Waals surface area contributed by atoms with Crippen molar-refractivity contribution < 1.29 is 23.5 Å². The minimum Gasteiger partial charge on any atom is -0.493 e. The van der Waals surface area contributed by atoms with Crippen LogP contribution in [-0.2, 0) is 11.2 Å². The summed E-state index contributed by atoms with van der Waals surface area (Å²) in [5, 5.41) is 3.00. The van der Waals surface area contributed by atoms with Gasteiger partial charge in [0, 0.05) is 25.2 Å². The van der Waals surface area contributed by atoms with Gasteiger partial charge in [-0.2, -0.15) is 0 Å². The van der Waals surface area contributed by atoms with Crippen LogP contribution in [0.15, 0.2) is 36.4 Å². The Morgan fingerprint density at radius 3 is 2.48 bits per heavy atom. The highest BCUT2D eigenvalue weighted by molar-refractivity contribution is 5.96. The molecule has 164 valence electrons. The second-order valence-corrected chi connectivity index (χ2v) is 7.86. The van der Waals surface area contributed by atoms with Gasteiger partial charge < -0.3 is 24.6 Å². The highest BCUT2D eigenvalue weighted by atomic mass is 19.1. The number of carbonyl (C=O) groups excluding carboxylic acids is 2. The molecule has 7 nitrogen and oxygen atoms in total. The second-order valence-electron chi connectivity index (χ2n) is 7.86. The summed E-state index contributed by atoms with van der Waals surface area (Å²) in [5.41, 5.74) is 2.78. The van der Waals surface area contributed by atoms with Crippen LogP contribution in [0.3, 0.4) is 0 Å². The number of urea groups is 1. The number of anilines is 1. The Morgan fingerprint density at radius 1 is 1.13 bits per heavy atom. The van der Waals surface area contributed by atoms with Crippen molar-refractivity contribution in [1.82, 2.24) is 10.2 Å². The normalized spacial score (nSPS) is 20.5. The van der Waals surface area contributed by atoms with Gasteiger partial charge in [0.2, 0.25) is 5.91 Å². The van der Waals surface area contributed by atoms with Crippen molar-refractivity contribution >= 4 is 17.6 Å². The van der Waals surface area contributed by atoms with E-state index in [1.807, 2.05) is 19.1 Å². The lowest BCUT2D eigenvalue weighted by Crippen LogP contribution is -2.48. The van der Waals surface area contributed by atoms with Crippen molar-refractivity contribution in [3.63, 3.8) is 0 Å². The topological polar surface area (TPSA) is 71.1 Å². The Hall–Kier alpha value is -3.29. The van der Waals surface area contributed by atoms with E-state index in [1.165, 1.54) is 12.1 Å². The minimum atomic E-state index is -0.353. The number of amides is 3. The zero-order valence-corrected chi connectivity index (χ0v) is 17.9. The van der Waals surface area contributed by atoms with Gasteiger partial charge >= 0.3 is 6.03 Å². The van der Waals surface area contributed by atoms with Gasteiger partial charge in [-0.25, -0.2) is 9.18 Å². The molecule has 1 saturated heterocycles. The molecule has 0 spiro atoms. The van der Waals surface area contributed by atoms with Crippen molar-refractivity contribution in [1.29, 1.82) is 0 Å². The van der Waals surface area contributed by atoms with Gasteiger partial charge in [0.25, 0.3) is 0 Å². The van der Waals surface area contributed by atoms with Crippen LogP contribution in [0.2, 0.25) is 0 Å². The maximum Gasteiger partial charge on any atom is 0.318 e. The highest BCUT2D eigenvalue weighted by Crippen LogP contribution is 2.38. The number of nitrogens with zero attached hydrogens (tertiary/aromatic N) is 2. The quantitative estimate of drug-likeness (QED) is 0.813. The molecular weight excluding hydrogens is 401 g/mol. The van der Waals surface area contributed by atoms with Gasteiger partial charge in [-0.15, -0.1) is 0 Å². The Balaban J connectivity index is 1.45. The SMILES string of the molecule is COc1cc2c(cc1OC)[C@@H](C)N(C(=O)N[C@H]1CC(=O)N(c3ccc(F)cc3)C1)CC2. The Morgan fingerprint density at radius 2 is 1.81 bits per heavy atom. The summed E-state index contributed by atoms with van der Waals surface area (Å²) in [6.07, 6.45) is 0.922. The first-order chi connectivity index (χ1) is 14.9. The van der Waals surface area contributed by atoms with E-state index in [4.69, 9.17) is 9.47 Å². The summed E-state index contributed by atoms with van der Waals surface area (Å²) in [4.78, 5) is 28.8.